The van der Waals surface area contributed by atoms with Crippen molar-refractivity contribution in [3.05, 3.63) is 167 Å². The first-order chi connectivity index (χ1) is 22.1. The highest BCUT2D eigenvalue weighted by Gasteiger charge is 2.46. The molecule has 224 valence electrons. The molecule has 1 saturated heterocycles. The van der Waals surface area contributed by atoms with Gasteiger partial charge in [-0.25, -0.2) is 4.79 Å². The number of amides is 1. The molecule has 0 aromatic heterocycles. The third-order valence-electron chi connectivity index (χ3n) is 8.98. The van der Waals surface area contributed by atoms with E-state index in [9.17, 15) is 9.59 Å². The van der Waals surface area contributed by atoms with Crippen molar-refractivity contribution in [1.82, 2.24) is 4.90 Å². The number of carbonyl (C=O) groups excluding carboxylic acids is 2. The van der Waals surface area contributed by atoms with Gasteiger partial charge in [-0.15, -0.1) is 0 Å². The van der Waals surface area contributed by atoms with Crippen molar-refractivity contribution in [3.8, 4) is 11.1 Å². The first kappa shape index (κ1) is 29.4. The number of rotatable bonds is 8. The first-order valence-electron chi connectivity index (χ1n) is 15.2. The number of hydrogen-bond donors (Lipinski definition) is 0. The molecule has 5 nitrogen and oxygen atoms in total. The van der Waals surface area contributed by atoms with Gasteiger partial charge in [0, 0.05) is 34.9 Å². The van der Waals surface area contributed by atoms with Gasteiger partial charge in [-0.05, 0) is 38.9 Å². The van der Waals surface area contributed by atoms with E-state index in [1.807, 2.05) is 78.9 Å². The number of benzene rings is 5. The number of carbonyl (C=O) groups is 2. The summed E-state index contributed by atoms with van der Waals surface area (Å²) in [6, 6.07) is 46.3. The second kappa shape index (κ2) is 12.6. The van der Waals surface area contributed by atoms with Crippen molar-refractivity contribution in [2.45, 2.75) is 30.1 Å². The SMILES string of the molecule is O=C(I)[C@@H]1C[C@@H](OC(c2ccccc2)(c2ccccc2)c2ccccc2)CN1C(=O)OCC1c2ccccc2-c2ccccc21. The van der Waals surface area contributed by atoms with Crippen molar-refractivity contribution >= 4 is 32.5 Å². The molecule has 45 heavy (non-hydrogen) atoms. The van der Waals surface area contributed by atoms with Crippen LogP contribution in [0.4, 0.5) is 4.79 Å². The van der Waals surface area contributed by atoms with Gasteiger partial charge in [-0.1, -0.05) is 140 Å². The maximum atomic E-state index is 13.8. The average molecular weight is 706 g/mol. The smallest absolute Gasteiger partial charge is 0.410 e. The number of ether oxygens (including phenoxy) is 2. The van der Waals surface area contributed by atoms with Crippen LogP contribution in [-0.2, 0) is 19.9 Å². The number of fused-ring (bicyclic) bond motifs is 3. The highest BCUT2D eigenvalue weighted by molar-refractivity contribution is 14.1. The minimum absolute atomic E-state index is 0.0633. The fraction of sp³-hybridized carbons (Fsp3) is 0.179. The zero-order valence-electron chi connectivity index (χ0n) is 24.6. The lowest BCUT2D eigenvalue weighted by Gasteiger charge is -2.38. The van der Waals surface area contributed by atoms with Crippen LogP contribution in [0.2, 0.25) is 0 Å². The van der Waals surface area contributed by atoms with Gasteiger partial charge in [0.25, 0.3) is 0 Å². The molecule has 0 saturated carbocycles. The molecule has 2 atom stereocenters. The van der Waals surface area contributed by atoms with Gasteiger partial charge in [-0.3, -0.25) is 9.69 Å². The molecule has 1 fully saturated rings. The second-order valence-corrected chi connectivity index (χ2v) is 12.6. The average Bonchev–Trinajstić information content (AvgIpc) is 3.67. The van der Waals surface area contributed by atoms with Gasteiger partial charge in [0.05, 0.1) is 12.6 Å². The Labute approximate surface area is 277 Å². The standard InChI is InChI=1S/C39H32INO4/c40-37(42)36-24-30(25-41(36)38(43)44-26-35-33-22-12-10-20-31(33)32-21-11-13-23-34(32)35)45-39(27-14-4-1-5-15-27,28-16-6-2-7-17-28)29-18-8-3-9-19-29/h1-23,30,35-36H,24-26H2/t30-,36+/m1/s1. The number of halogens is 1. The number of nitrogens with zero attached hydrogens (tertiary/aromatic N) is 1. The summed E-state index contributed by atoms with van der Waals surface area (Å²) in [7, 11) is 0. The van der Waals surface area contributed by atoms with Crippen molar-refractivity contribution in [1.29, 1.82) is 0 Å². The van der Waals surface area contributed by atoms with Gasteiger partial charge < -0.3 is 9.47 Å². The summed E-state index contributed by atoms with van der Waals surface area (Å²) < 4.78 is 13.1. The molecule has 1 aliphatic carbocycles. The Kier molecular flexibility index (Phi) is 8.25. The molecule has 1 aliphatic heterocycles. The fourth-order valence-corrected chi connectivity index (χ4v) is 7.54. The molecule has 2 aliphatic rings. The maximum absolute atomic E-state index is 13.8. The summed E-state index contributed by atoms with van der Waals surface area (Å²) in [6.45, 7) is 0.434. The van der Waals surface area contributed by atoms with Crippen LogP contribution >= 0.6 is 22.6 Å². The molecule has 1 amide bonds. The summed E-state index contributed by atoms with van der Waals surface area (Å²) in [5.74, 6) is -0.0633. The third-order valence-corrected chi connectivity index (χ3v) is 9.70. The Morgan fingerprint density at radius 1 is 0.667 bits per heavy atom. The molecule has 7 rings (SSSR count). The fourth-order valence-electron chi connectivity index (χ4n) is 6.95. The largest absolute Gasteiger partial charge is 0.448 e. The van der Waals surface area contributed by atoms with Crippen molar-refractivity contribution in [2.24, 2.45) is 0 Å². The minimum Gasteiger partial charge on any atom is -0.448 e. The molecule has 1 heterocycles. The summed E-state index contributed by atoms with van der Waals surface area (Å²) in [4.78, 5) is 28.3. The molecule has 0 N–H and O–H groups in total. The molecule has 0 bridgehead atoms. The zero-order valence-corrected chi connectivity index (χ0v) is 26.7. The van der Waals surface area contributed by atoms with Gasteiger partial charge in [0.15, 0.2) is 0 Å². The van der Waals surface area contributed by atoms with Crippen molar-refractivity contribution < 1.29 is 19.1 Å². The quantitative estimate of drug-likeness (QED) is 0.0926. The van der Waals surface area contributed by atoms with E-state index in [0.29, 0.717) is 6.42 Å². The molecular weight excluding hydrogens is 673 g/mol. The van der Waals surface area contributed by atoms with Crippen LogP contribution in [0.3, 0.4) is 0 Å². The minimum atomic E-state index is -0.954. The van der Waals surface area contributed by atoms with Crippen LogP contribution < -0.4 is 0 Å². The van der Waals surface area contributed by atoms with Gasteiger partial charge in [0.1, 0.15) is 18.2 Å². The van der Waals surface area contributed by atoms with Crippen LogP contribution in [0.15, 0.2) is 140 Å². The Morgan fingerprint density at radius 3 is 1.58 bits per heavy atom. The summed E-state index contributed by atoms with van der Waals surface area (Å²) in [5, 5.41) is 0. The highest BCUT2D eigenvalue weighted by atomic mass is 127. The molecule has 6 heteroatoms. The van der Waals surface area contributed by atoms with E-state index in [-0.39, 0.29) is 22.9 Å². The topological polar surface area (TPSA) is 55.8 Å². The predicted octanol–water partition coefficient (Wildman–Crippen LogP) is 8.35. The van der Waals surface area contributed by atoms with E-state index in [0.717, 1.165) is 27.8 Å². The van der Waals surface area contributed by atoms with E-state index in [4.69, 9.17) is 9.47 Å². The van der Waals surface area contributed by atoms with E-state index in [1.54, 1.807) is 27.5 Å². The van der Waals surface area contributed by atoms with Gasteiger partial charge >= 0.3 is 6.09 Å². The molecule has 0 spiro atoms. The predicted molar refractivity (Wildman–Crippen MR) is 183 cm³/mol. The van der Waals surface area contributed by atoms with Gasteiger partial charge in [0.2, 0.25) is 3.79 Å². The lowest BCUT2D eigenvalue weighted by atomic mass is 9.80. The van der Waals surface area contributed by atoms with Crippen molar-refractivity contribution in [3.63, 3.8) is 0 Å². The summed E-state index contributed by atoms with van der Waals surface area (Å²) in [6.07, 6.45) is -0.544. The molecule has 5 aromatic rings. The second-order valence-electron chi connectivity index (χ2n) is 11.5. The lowest BCUT2D eigenvalue weighted by molar-refractivity contribution is -0.113. The van der Waals surface area contributed by atoms with Crippen LogP contribution in [0, 0.1) is 0 Å². The van der Waals surface area contributed by atoms with E-state index in [2.05, 4.69) is 60.7 Å². The number of likely N-dealkylation sites (tertiary alicyclic amines) is 1. The summed E-state index contributed by atoms with van der Waals surface area (Å²) in [5.41, 5.74) is 6.59. The first-order valence-corrected chi connectivity index (χ1v) is 16.3. The molecule has 0 radical (unpaired) electrons. The maximum Gasteiger partial charge on any atom is 0.410 e. The Bertz CT molecular complexity index is 1670. The highest BCUT2D eigenvalue weighted by Crippen LogP contribution is 2.45. The van der Waals surface area contributed by atoms with Gasteiger partial charge in [-0.2, -0.15) is 0 Å². The van der Waals surface area contributed by atoms with Crippen LogP contribution in [0.25, 0.3) is 11.1 Å². The Hall–Kier alpha value is -4.27. The van der Waals surface area contributed by atoms with Crippen LogP contribution in [-0.4, -0.2) is 40.1 Å². The lowest BCUT2D eigenvalue weighted by Crippen LogP contribution is -2.41. The molecule has 0 unspecified atom stereocenters. The number of hydrogen-bond acceptors (Lipinski definition) is 4. The Balaban J connectivity index is 1.18. The van der Waals surface area contributed by atoms with E-state index >= 15 is 0 Å². The zero-order chi connectivity index (χ0) is 30.8. The normalized spacial score (nSPS) is 17.5. The Morgan fingerprint density at radius 2 is 1.11 bits per heavy atom. The van der Waals surface area contributed by atoms with Crippen LogP contribution in [0.5, 0.6) is 0 Å². The van der Waals surface area contributed by atoms with Crippen molar-refractivity contribution in [2.75, 3.05) is 13.2 Å². The van der Waals surface area contributed by atoms with E-state index < -0.39 is 23.8 Å². The third kappa shape index (κ3) is 5.47. The van der Waals surface area contributed by atoms with Crippen LogP contribution in [0.1, 0.15) is 40.2 Å². The van der Waals surface area contributed by atoms with E-state index in [1.165, 1.54) is 11.1 Å². The molecular formula is C39H32INO4. The molecule has 5 aromatic carbocycles. The monoisotopic (exact) mass is 705 g/mol. The summed E-state index contributed by atoms with van der Waals surface area (Å²) >= 11 is 1.80.